The van der Waals surface area contributed by atoms with E-state index in [1.54, 1.807) is 12.1 Å². The number of aliphatic hydroxyl groups is 1. The number of ether oxygens (including phenoxy) is 1. The molecule has 1 aromatic carbocycles. The molecule has 2 N–H and O–H groups in total. The first kappa shape index (κ1) is 18.2. The van der Waals surface area contributed by atoms with Crippen LogP contribution in [0.25, 0.3) is 0 Å². The number of nitrogens with zero attached hydrogens (tertiary/aromatic N) is 1. The normalized spacial score (nSPS) is 12.9. The molecule has 0 radical (unpaired) electrons. The number of hydrogen-bond acceptors (Lipinski definition) is 4. The average Bonchev–Trinajstić information content (AvgIpc) is 2.58. The number of benzene rings is 1. The number of pyridine rings is 1. The zero-order valence-corrected chi connectivity index (χ0v) is 13.2. The zero-order chi connectivity index (χ0) is 17.6. The minimum Gasteiger partial charge on any atom is -0.468 e. The molecule has 0 fully saturated rings. The summed E-state index contributed by atoms with van der Waals surface area (Å²) in [5.74, 6) is -0.0290. The lowest BCUT2D eigenvalue weighted by Crippen LogP contribution is -2.22. The molecule has 0 saturated heterocycles. The monoisotopic (exact) mass is 340 g/mol. The van der Waals surface area contributed by atoms with Gasteiger partial charge in [0.2, 0.25) is 5.88 Å². The van der Waals surface area contributed by atoms with Crippen molar-refractivity contribution in [3.8, 4) is 5.88 Å². The van der Waals surface area contributed by atoms with E-state index in [-0.39, 0.29) is 18.5 Å². The fraction of sp³-hybridized carbons (Fsp3) is 0.353. The molecule has 1 aromatic heterocycles. The van der Waals surface area contributed by atoms with Crippen molar-refractivity contribution in [1.29, 1.82) is 0 Å². The van der Waals surface area contributed by atoms with Gasteiger partial charge in [0, 0.05) is 24.3 Å². The van der Waals surface area contributed by atoms with E-state index in [1.165, 1.54) is 6.20 Å². The predicted molar refractivity (Wildman–Crippen MR) is 83.4 cm³/mol. The van der Waals surface area contributed by atoms with Gasteiger partial charge in [-0.25, -0.2) is 4.98 Å². The molecule has 0 aliphatic carbocycles. The standard InChI is InChI=1S/C17H19F3N2O2/c1-12(14-5-2-4-13(8-14)10-23)22-9-15-6-3-7-21-16(15)24-11-17(18,19)20/h2-8,12,22-23H,9-11H2,1H3. The molecule has 0 spiro atoms. The number of aromatic nitrogens is 1. The summed E-state index contributed by atoms with van der Waals surface area (Å²) in [6.45, 7) is 0.832. The van der Waals surface area contributed by atoms with Gasteiger partial charge < -0.3 is 15.2 Å². The van der Waals surface area contributed by atoms with Crippen molar-refractivity contribution in [2.45, 2.75) is 32.3 Å². The average molecular weight is 340 g/mol. The highest BCUT2D eigenvalue weighted by Gasteiger charge is 2.29. The maximum Gasteiger partial charge on any atom is 0.422 e. The Kier molecular flexibility index (Phi) is 6.16. The molecule has 4 nitrogen and oxygen atoms in total. The van der Waals surface area contributed by atoms with Crippen LogP contribution in [0.3, 0.4) is 0 Å². The van der Waals surface area contributed by atoms with Gasteiger partial charge in [0.05, 0.1) is 6.61 Å². The quantitative estimate of drug-likeness (QED) is 0.811. The molecule has 0 bridgehead atoms. The van der Waals surface area contributed by atoms with Crippen LogP contribution in [0.2, 0.25) is 0 Å². The van der Waals surface area contributed by atoms with Gasteiger partial charge in [-0.05, 0) is 24.1 Å². The molecule has 24 heavy (non-hydrogen) atoms. The molecular formula is C17H19F3N2O2. The minimum atomic E-state index is -4.40. The lowest BCUT2D eigenvalue weighted by molar-refractivity contribution is -0.154. The predicted octanol–water partition coefficient (Wildman–Crippen LogP) is 3.37. The number of hydrogen-bond donors (Lipinski definition) is 2. The third-order valence-corrected chi connectivity index (χ3v) is 3.45. The summed E-state index contributed by atoms with van der Waals surface area (Å²) in [4.78, 5) is 3.86. The van der Waals surface area contributed by atoms with Gasteiger partial charge in [0.25, 0.3) is 0 Å². The van der Waals surface area contributed by atoms with Crippen LogP contribution in [0.4, 0.5) is 13.2 Å². The minimum absolute atomic E-state index is 0.0290. The van der Waals surface area contributed by atoms with Crippen molar-refractivity contribution in [3.05, 3.63) is 59.3 Å². The van der Waals surface area contributed by atoms with E-state index in [0.717, 1.165) is 11.1 Å². The Balaban J connectivity index is 2.00. The van der Waals surface area contributed by atoms with Crippen LogP contribution in [0.15, 0.2) is 42.6 Å². The third kappa shape index (κ3) is 5.50. The fourth-order valence-electron chi connectivity index (χ4n) is 2.18. The lowest BCUT2D eigenvalue weighted by Gasteiger charge is -2.17. The topological polar surface area (TPSA) is 54.4 Å². The molecule has 7 heteroatoms. The Morgan fingerprint density at radius 3 is 2.75 bits per heavy atom. The van der Waals surface area contributed by atoms with Gasteiger partial charge in [-0.2, -0.15) is 13.2 Å². The second kappa shape index (κ2) is 8.12. The lowest BCUT2D eigenvalue weighted by atomic mass is 10.1. The van der Waals surface area contributed by atoms with Gasteiger partial charge in [-0.1, -0.05) is 30.3 Å². The highest BCUT2D eigenvalue weighted by atomic mass is 19.4. The third-order valence-electron chi connectivity index (χ3n) is 3.45. The molecule has 2 aromatic rings. The Labute approximate surface area is 138 Å². The second-order valence-electron chi connectivity index (χ2n) is 5.38. The molecule has 1 heterocycles. The first-order valence-electron chi connectivity index (χ1n) is 7.45. The molecule has 0 aliphatic heterocycles. The summed E-state index contributed by atoms with van der Waals surface area (Å²) < 4.78 is 41.6. The van der Waals surface area contributed by atoms with Crippen molar-refractivity contribution in [2.24, 2.45) is 0 Å². The van der Waals surface area contributed by atoms with Gasteiger partial charge in [-0.3, -0.25) is 0 Å². The Hall–Kier alpha value is -2.12. The van der Waals surface area contributed by atoms with Crippen LogP contribution < -0.4 is 10.1 Å². The van der Waals surface area contributed by atoms with E-state index < -0.39 is 12.8 Å². The maximum atomic E-state index is 12.3. The van der Waals surface area contributed by atoms with Crippen molar-refractivity contribution in [2.75, 3.05) is 6.61 Å². The van der Waals surface area contributed by atoms with Crippen molar-refractivity contribution >= 4 is 0 Å². The zero-order valence-electron chi connectivity index (χ0n) is 13.2. The van der Waals surface area contributed by atoms with E-state index in [2.05, 4.69) is 10.3 Å². The number of aliphatic hydroxyl groups excluding tert-OH is 1. The van der Waals surface area contributed by atoms with Crippen LogP contribution in [-0.2, 0) is 13.2 Å². The van der Waals surface area contributed by atoms with Crippen LogP contribution in [0, 0.1) is 0 Å². The molecule has 130 valence electrons. The number of nitrogens with one attached hydrogen (secondary N) is 1. The summed E-state index contributed by atoms with van der Waals surface area (Å²) in [5, 5.41) is 12.4. The molecule has 0 aliphatic rings. The van der Waals surface area contributed by atoms with Gasteiger partial charge in [0.15, 0.2) is 6.61 Å². The summed E-state index contributed by atoms with van der Waals surface area (Å²) in [6.07, 6.45) is -3.01. The number of alkyl halides is 3. The molecule has 1 unspecified atom stereocenters. The van der Waals surface area contributed by atoms with E-state index in [1.807, 2.05) is 31.2 Å². The van der Waals surface area contributed by atoms with Gasteiger partial charge in [-0.15, -0.1) is 0 Å². The number of halogens is 3. The van der Waals surface area contributed by atoms with Crippen LogP contribution in [0.1, 0.15) is 29.7 Å². The maximum absolute atomic E-state index is 12.3. The van der Waals surface area contributed by atoms with E-state index in [0.29, 0.717) is 12.1 Å². The molecule has 1 atom stereocenters. The van der Waals surface area contributed by atoms with E-state index in [4.69, 9.17) is 4.74 Å². The van der Waals surface area contributed by atoms with Crippen molar-refractivity contribution in [3.63, 3.8) is 0 Å². The first-order chi connectivity index (χ1) is 11.4. The van der Waals surface area contributed by atoms with Gasteiger partial charge in [0.1, 0.15) is 0 Å². The van der Waals surface area contributed by atoms with Crippen LogP contribution >= 0.6 is 0 Å². The summed E-state index contributed by atoms with van der Waals surface area (Å²) in [7, 11) is 0. The molecular weight excluding hydrogens is 321 g/mol. The fourth-order valence-corrected chi connectivity index (χ4v) is 2.18. The van der Waals surface area contributed by atoms with Crippen LogP contribution in [-0.4, -0.2) is 22.9 Å². The second-order valence-corrected chi connectivity index (χ2v) is 5.38. The Bertz CT molecular complexity index is 662. The van der Waals surface area contributed by atoms with Gasteiger partial charge >= 0.3 is 6.18 Å². The van der Waals surface area contributed by atoms with Crippen LogP contribution in [0.5, 0.6) is 5.88 Å². The smallest absolute Gasteiger partial charge is 0.422 e. The van der Waals surface area contributed by atoms with Crippen molar-refractivity contribution < 1.29 is 23.0 Å². The highest BCUT2D eigenvalue weighted by Crippen LogP contribution is 2.21. The molecule has 0 amide bonds. The summed E-state index contributed by atoms with van der Waals surface area (Å²) in [5.41, 5.74) is 2.33. The number of rotatable bonds is 7. The first-order valence-corrected chi connectivity index (χ1v) is 7.45. The largest absolute Gasteiger partial charge is 0.468 e. The molecule has 0 saturated carbocycles. The van der Waals surface area contributed by atoms with E-state index >= 15 is 0 Å². The Morgan fingerprint density at radius 1 is 1.25 bits per heavy atom. The molecule has 2 rings (SSSR count). The Morgan fingerprint density at radius 2 is 2.04 bits per heavy atom. The van der Waals surface area contributed by atoms with Crippen molar-refractivity contribution in [1.82, 2.24) is 10.3 Å². The highest BCUT2D eigenvalue weighted by molar-refractivity contribution is 5.27. The van der Waals surface area contributed by atoms with E-state index in [9.17, 15) is 18.3 Å². The summed E-state index contributed by atoms with van der Waals surface area (Å²) >= 11 is 0. The SMILES string of the molecule is CC(NCc1cccnc1OCC(F)(F)F)c1cccc(CO)c1. The summed E-state index contributed by atoms with van der Waals surface area (Å²) in [6, 6.07) is 10.7.